The molecule has 102 valence electrons. The Morgan fingerprint density at radius 2 is 1.95 bits per heavy atom. The van der Waals surface area contributed by atoms with Gasteiger partial charge >= 0.3 is 0 Å². The molecule has 2 aromatic heterocycles. The molecule has 0 aliphatic heterocycles. The molecule has 0 aliphatic carbocycles. The first kappa shape index (κ1) is 12.9. The monoisotopic (exact) mass is 284 g/mol. The Morgan fingerprint density at radius 1 is 1.20 bits per heavy atom. The van der Waals surface area contributed by atoms with Crippen LogP contribution in [0.4, 0.5) is 17.5 Å². The van der Waals surface area contributed by atoms with E-state index in [1.807, 2.05) is 12.1 Å². The van der Waals surface area contributed by atoms with Crippen LogP contribution in [0.2, 0.25) is 0 Å². The summed E-state index contributed by atoms with van der Waals surface area (Å²) in [5.41, 5.74) is 8.03. The Bertz CT molecular complexity index is 746. The number of thiophene rings is 1. The maximum absolute atomic E-state index is 5.80. The number of benzene rings is 1. The van der Waals surface area contributed by atoms with Gasteiger partial charge in [-0.2, -0.15) is 4.98 Å². The molecule has 0 bridgehead atoms. The second-order valence-electron chi connectivity index (χ2n) is 4.71. The summed E-state index contributed by atoms with van der Waals surface area (Å²) >= 11 is 1.67. The Kier molecular flexibility index (Phi) is 3.28. The van der Waals surface area contributed by atoms with E-state index in [4.69, 9.17) is 5.73 Å². The highest BCUT2D eigenvalue weighted by Gasteiger charge is 2.10. The summed E-state index contributed by atoms with van der Waals surface area (Å²) in [5.74, 6) is 1.07. The fourth-order valence-electron chi connectivity index (χ4n) is 2.03. The highest BCUT2D eigenvalue weighted by molar-refractivity contribution is 7.18. The van der Waals surface area contributed by atoms with Crippen LogP contribution in [-0.2, 0) is 6.42 Å². The summed E-state index contributed by atoms with van der Waals surface area (Å²) in [6, 6.07) is 10.3. The van der Waals surface area contributed by atoms with E-state index < -0.39 is 0 Å². The van der Waals surface area contributed by atoms with Crippen molar-refractivity contribution in [3.63, 3.8) is 0 Å². The average molecular weight is 284 g/mol. The molecule has 2 heterocycles. The summed E-state index contributed by atoms with van der Waals surface area (Å²) < 4.78 is 0. The van der Waals surface area contributed by atoms with Crippen LogP contribution in [-0.4, -0.2) is 9.97 Å². The average Bonchev–Trinajstić information content (AvgIpc) is 2.84. The van der Waals surface area contributed by atoms with Gasteiger partial charge in [-0.3, -0.25) is 0 Å². The van der Waals surface area contributed by atoms with E-state index in [-0.39, 0.29) is 0 Å². The Morgan fingerprint density at radius 3 is 2.65 bits per heavy atom. The lowest BCUT2D eigenvalue weighted by Crippen LogP contribution is -2.00. The van der Waals surface area contributed by atoms with Crippen molar-refractivity contribution in [1.82, 2.24) is 9.97 Å². The van der Waals surface area contributed by atoms with Crippen molar-refractivity contribution in [3.05, 3.63) is 40.8 Å². The number of fused-ring (bicyclic) bond motifs is 1. The molecule has 4 nitrogen and oxygen atoms in total. The van der Waals surface area contributed by atoms with E-state index in [0.717, 1.165) is 28.1 Å². The van der Waals surface area contributed by atoms with Crippen molar-refractivity contribution in [2.45, 2.75) is 20.3 Å². The van der Waals surface area contributed by atoms with Gasteiger partial charge in [0.1, 0.15) is 10.6 Å². The maximum Gasteiger partial charge on any atom is 0.223 e. The first-order valence-corrected chi connectivity index (χ1v) is 7.37. The van der Waals surface area contributed by atoms with E-state index in [1.165, 1.54) is 10.4 Å². The van der Waals surface area contributed by atoms with Crippen LogP contribution in [0, 0.1) is 6.92 Å². The predicted molar refractivity (Wildman–Crippen MR) is 85.7 cm³/mol. The first-order valence-electron chi connectivity index (χ1n) is 6.55. The molecule has 3 N–H and O–H groups in total. The number of hydrogen-bond acceptors (Lipinski definition) is 5. The van der Waals surface area contributed by atoms with Gasteiger partial charge in [0.05, 0.1) is 5.39 Å². The number of hydrogen-bond donors (Lipinski definition) is 2. The minimum Gasteiger partial charge on any atom is -0.368 e. The van der Waals surface area contributed by atoms with Gasteiger partial charge in [-0.15, -0.1) is 11.3 Å². The van der Waals surface area contributed by atoms with Gasteiger partial charge in [0.2, 0.25) is 5.95 Å². The molecule has 3 aromatic rings. The Balaban J connectivity index is 2.05. The lowest BCUT2D eigenvalue weighted by atomic mass is 10.2. The third-order valence-electron chi connectivity index (χ3n) is 3.12. The summed E-state index contributed by atoms with van der Waals surface area (Å²) in [6.45, 7) is 4.20. The summed E-state index contributed by atoms with van der Waals surface area (Å²) in [5, 5.41) is 4.36. The molecule has 0 saturated carbocycles. The lowest BCUT2D eigenvalue weighted by molar-refractivity contribution is 1.19. The highest BCUT2D eigenvalue weighted by atomic mass is 32.1. The van der Waals surface area contributed by atoms with Gasteiger partial charge in [0.25, 0.3) is 0 Å². The van der Waals surface area contributed by atoms with Crippen molar-refractivity contribution in [2.75, 3.05) is 11.1 Å². The van der Waals surface area contributed by atoms with Gasteiger partial charge in [0.15, 0.2) is 0 Å². The molecule has 0 aliphatic rings. The third-order valence-corrected chi connectivity index (χ3v) is 4.30. The van der Waals surface area contributed by atoms with Crippen LogP contribution in [0.1, 0.15) is 17.4 Å². The fourth-order valence-corrected chi connectivity index (χ4v) is 3.01. The van der Waals surface area contributed by atoms with Crippen LogP contribution in [0.15, 0.2) is 30.3 Å². The van der Waals surface area contributed by atoms with Gasteiger partial charge in [0, 0.05) is 10.6 Å². The number of aromatic nitrogens is 2. The standard InChI is InChI=1S/C15H16N4S/c1-3-11-8-12-13(18-15(16)19-14(12)20-11)17-10-6-4-9(2)5-7-10/h4-8H,3H2,1-2H3,(H3,16,17,18,19). The highest BCUT2D eigenvalue weighted by Crippen LogP contribution is 2.31. The predicted octanol–water partition coefficient (Wildman–Crippen LogP) is 3.89. The molecule has 0 saturated heterocycles. The molecule has 5 heteroatoms. The van der Waals surface area contributed by atoms with Crippen LogP contribution >= 0.6 is 11.3 Å². The molecule has 0 amide bonds. The SMILES string of the molecule is CCc1cc2c(Nc3ccc(C)cc3)nc(N)nc2s1. The van der Waals surface area contributed by atoms with Gasteiger partial charge in [-0.05, 0) is 31.5 Å². The Hall–Kier alpha value is -2.14. The molecule has 1 aromatic carbocycles. The lowest BCUT2D eigenvalue weighted by Gasteiger charge is -2.07. The number of nitrogens with two attached hydrogens (primary N) is 1. The van der Waals surface area contributed by atoms with Crippen molar-refractivity contribution in [3.8, 4) is 0 Å². The van der Waals surface area contributed by atoms with E-state index >= 15 is 0 Å². The first-order chi connectivity index (χ1) is 9.65. The number of aryl methyl sites for hydroxylation is 2. The normalized spacial score (nSPS) is 10.9. The molecule has 0 radical (unpaired) electrons. The van der Waals surface area contributed by atoms with Crippen molar-refractivity contribution in [1.29, 1.82) is 0 Å². The molecule has 3 rings (SSSR count). The number of rotatable bonds is 3. The minimum absolute atomic E-state index is 0.302. The third kappa shape index (κ3) is 2.44. The van der Waals surface area contributed by atoms with E-state index in [2.05, 4.69) is 47.3 Å². The molecule has 0 fully saturated rings. The quantitative estimate of drug-likeness (QED) is 0.766. The zero-order valence-corrected chi connectivity index (χ0v) is 12.3. The van der Waals surface area contributed by atoms with Crippen LogP contribution in [0.3, 0.4) is 0 Å². The topological polar surface area (TPSA) is 63.8 Å². The molecule has 0 spiro atoms. The van der Waals surface area contributed by atoms with Crippen molar-refractivity contribution in [2.24, 2.45) is 0 Å². The number of nitrogens with zero attached hydrogens (tertiary/aromatic N) is 2. The maximum atomic E-state index is 5.80. The molecular formula is C15H16N4S. The molecule has 0 atom stereocenters. The zero-order valence-electron chi connectivity index (χ0n) is 11.5. The molecule has 20 heavy (non-hydrogen) atoms. The smallest absolute Gasteiger partial charge is 0.223 e. The van der Waals surface area contributed by atoms with Crippen LogP contribution in [0.5, 0.6) is 0 Å². The number of nitrogen functional groups attached to an aromatic ring is 1. The second kappa shape index (κ2) is 5.09. The minimum atomic E-state index is 0.302. The molecule has 0 unspecified atom stereocenters. The second-order valence-corrected chi connectivity index (χ2v) is 5.82. The molecular weight excluding hydrogens is 268 g/mol. The van der Waals surface area contributed by atoms with Gasteiger partial charge in [-0.25, -0.2) is 4.98 Å². The summed E-state index contributed by atoms with van der Waals surface area (Å²) in [7, 11) is 0. The van der Waals surface area contributed by atoms with E-state index in [1.54, 1.807) is 11.3 Å². The van der Waals surface area contributed by atoms with E-state index in [0.29, 0.717) is 5.95 Å². The van der Waals surface area contributed by atoms with Crippen LogP contribution < -0.4 is 11.1 Å². The van der Waals surface area contributed by atoms with Crippen LogP contribution in [0.25, 0.3) is 10.2 Å². The fraction of sp³-hybridized carbons (Fsp3) is 0.200. The van der Waals surface area contributed by atoms with Crippen molar-refractivity contribution >= 4 is 39.0 Å². The van der Waals surface area contributed by atoms with Gasteiger partial charge in [-0.1, -0.05) is 24.6 Å². The number of nitrogens with one attached hydrogen (secondary N) is 1. The van der Waals surface area contributed by atoms with E-state index in [9.17, 15) is 0 Å². The number of anilines is 3. The summed E-state index contributed by atoms with van der Waals surface area (Å²) in [6.07, 6.45) is 0.991. The summed E-state index contributed by atoms with van der Waals surface area (Å²) in [4.78, 5) is 10.9. The van der Waals surface area contributed by atoms with Crippen molar-refractivity contribution < 1.29 is 0 Å². The van der Waals surface area contributed by atoms with Gasteiger partial charge < -0.3 is 11.1 Å². The Labute approximate surface area is 121 Å². The zero-order chi connectivity index (χ0) is 14.1. The largest absolute Gasteiger partial charge is 0.368 e.